The molecule has 198 valence electrons. The molecule has 6 atom stereocenters. The molecule has 0 bridgehead atoms. The minimum absolute atomic E-state index is 0.0200. The molecule has 1 aromatic rings. The Labute approximate surface area is 222 Å². The fraction of sp³-hybridized carbons (Fsp3) is 0.625. The molecule has 3 nitrogen and oxygen atoms in total. The Bertz CT molecular complexity index is 1000. The molecule has 36 heavy (non-hydrogen) atoms. The molecule has 4 heteroatoms. The van der Waals surface area contributed by atoms with Crippen LogP contribution in [0.15, 0.2) is 64.6 Å². The minimum Gasteiger partial charge on any atom is -0.396 e. The highest BCUT2D eigenvalue weighted by atomic mass is 32.2. The van der Waals surface area contributed by atoms with Crippen LogP contribution < -0.4 is 0 Å². The Kier molecular flexibility index (Phi) is 8.61. The Morgan fingerprint density at radius 1 is 1.25 bits per heavy atom. The molecule has 0 aliphatic heterocycles. The van der Waals surface area contributed by atoms with E-state index in [1.807, 2.05) is 31.7 Å². The van der Waals surface area contributed by atoms with Gasteiger partial charge in [-0.15, -0.1) is 11.8 Å². The van der Waals surface area contributed by atoms with Crippen LogP contribution in [0.2, 0.25) is 0 Å². The molecule has 3 aliphatic rings. The summed E-state index contributed by atoms with van der Waals surface area (Å²) in [6.45, 7) is 13.0. The van der Waals surface area contributed by atoms with E-state index in [1.54, 1.807) is 5.57 Å². The first kappa shape index (κ1) is 27.7. The van der Waals surface area contributed by atoms with Crippen LogP contribution in [-0.2, 0) is 5.60 Å². The van der Waals surface area contributed by atoms with Crippen molar-refractivity contribution in [1.29, 1.82) is 0 Å². The molecular weight excluding hydrogens is 464 g/mol. The summed E-state index contributed by atoms with van der Waals surface area (Å²) in [4.78, 5) is 1.24. The summed E-state index contributed by atoms with van der Waals surface area (Å²) in [7, 11) is 0. The summed E-state index contributed by atoms with van der Waals surface area (Å²) in [5, 5.41) is 30.4. The predicted molar refractivity (Wildman–Crippen MR) is 151 cm³/mol. The standard InChI is InChI=1S/C32H46O3S/c1-21(20-36-28-10-6-9-26(18-28)31(3,4)35)29-13-14-30-23(8-7-15-32(29,30)5)11-12-24-16-27(34)17-25(19-33)22(24)2/h6,9-12,18,21,25,27,29-30,33-35H,2,7-8,13-17,19-20H2,1,3-5H3/b23-11+,24-12-/t21-,25+,27+,29+,30-,32+/m0/s1. The second-order valence-corrected chi connectivity index (χ2v) is 13.5. The molecular formula is C32H46O3S. The van der Waals surface area contributed by atoms with Gasteiger partial charge in [0, 0.05) is 16.6 Å². The van der Waals surface area contributed by atoms with E-state index in [1.165, 1.54) is 37.0 Å². The first-order valence-electron chi connectivity index (χ1n) is 13.9. The van der Waals surface area contributed by atoms with Gasteiger partial charge < -0.3 is 15.3 Å². The van der Waals surface area contributed by atoms with Crippen molar-refractivity contribution in [1.82, 2.24) is 0 Å². The number of rotatable bonds is 7. The first-order valence-corrected chi connectivity index (χ1v) is 14.8. The Balaban J connectivity index is 1.45. The zero-order valence-electron chi connectivity index (χ0n) is 22.7. The molecule has 3 N–H and O–H groups in total. The summed E-state index contributed by atoms with van der Waals surface area (Å²) in [6, 6.07) is 8.37. The summed E-state index contributed by atoms with van der Waals surface area (Å²) < 4.78 is 0. The topological polar surface area (TPSA) is 60.7 Å². The minimum atomic E-state index is -0.810. The fourth-order valence-corrected chi connectivity index (χ4v) is 8.37. The lowest BCUT2D eigenvalue weighted by atomic mass is 9.61. The van der Waals surface area contributed by atoms with E-state index in [9.17, 15) is 15.3 Å². The SMILES string of the molecule is C=C1/C(=C\C=C2/CCC[C@]3(C)[C@@H]([C@@H](C)CSc4cccc(C(C)(C)O)c4)CC[C@@H]23)C[C@@H](O)C[C@@H]1CO. The van der Waals surface area contributed by atoms with Gasteiger partial charge in [-0.05, 0) is 111 Å². The average molecular weight is 511 g/mol. The molecule has 0 amide bonds. The van der Waals surface area contributed by atoms with Crippen molar-refractivity contribution in [2.45, 2.75) is 89.2 Å². The number of hydrogen-bond acceptors (Lipinski definition) is 4. The van der Waals surface area contributed by atoms with Crippen molar-refractivity contribution in [3.63, 3.8) is 0 Å². The second kappa shape index (κ2) is 11.2. The maximum absolute atomic E-state index is 10.4. The van der Waals surface area contributed by atoms with Gasteiger partial charge >= 0.3 is 0 Å². The van der Waals surface area contributed by atoms with E-state index in [0.717, 1.165) is 22.5 Å². The van der Waals surface area contributed by atoms with Crippen molar-refractivity contribution in [2.24, 2.45) is 29.1 Å². The van der Waals surface area contributed by atoms with Gasteiger partial charge in [0.1, 0.15) is 0 Å². The van der Waals surface area contributed by atoms with Gasteiger partial charge in [-0.2, -0.15) is 0 Å². The molecule has 0 heterocycles. The number of aliphatic hydroxyl groups excluding tert-OH is 2. The van der Waals surface area contributed by atoms with Crippen LogP contribution in [0, 0.1) is 29.1 Å². The van der Waals surface area contributed by atoms with Gasteiger partial charge in [0.05, 0.1) is 18.3 Å². The van der Waals surface area contributed by atoms with Crippen LogP contribution in [0.5, 0.6) is 0 Å². The lowest BCUT2D eigenvalue weighted by Crippen LogP contribution is -2.36. The van der Waals surface area contributed by atoms with Crippen LogP contribution in [-0.4, -0.2) is 33.8 Å². The molecule has 3 saturated carbocycles. The van der Waals surface area contributed by atoms with Gasteiger partial charge in [0.2, 0.25) is 0 Å². The third-order valence-electron chi connectivity index (χ3n) is 9.41. The van der Waals surface area contributed by atoms with Gasteiger partial charge in [-0.1, -0.05) is 50.3 Å². The van der Waals surface area contributed by atoms with E-state index < -0.39 is 5.60 Å². The van der Waals surface area contributed by atoms with Crippen LogP contribution in [0.4, 0.5) is 0 Å². The summed E-state index contributed by atoms with van der Waals surface area (Å²) >= 11 is 1.93. The fourth-order valence-electron chi connectivity index (χ4n) is 7.29. The number of fused-ring (bicyclic) bond motifs is 1. The lowest BCUT2D eigenvalue weighted by molar-refractivity contribution is 0.0784. The van der Waals surface area contributed by atoms with Gasteiger partial charge in [0.25, 0.3) is 0 Å². The smallest absolute Gasteiger partial charge is 0.0840 e. The molecule has 3 aliphatic carbocycles. The monoisotopic (exact) mass is 510 g/mol. The van der Waals surface area contributed by atoms with Gasteiger partial charge in [0.15, 0.2) is 0 Å². The maximum atomic E-state index is 10.4. The zero-order valence-corrected chi connectivity index (χ0v) is 23.5. The third-order valence-corrected chi connectivity index (χ3v) is 10.7. The van der Waals surface area contributed by atoms with E-state index >= 15 is 0 Å². The molecule has 0 spiro atoms. The van der Waals surface area contributed by atoms with Crippen LogP contribution in [0.3, 0.4) is 0 Å². The van der Waals surface area contributed by atoms with Crippen LogP contribution in [0.1, 0.15) is 78.2 Å². The number of hydrogen-bond donors (Lipinski definition) is 3. The third kappa shape index (κ3) is 5.88. The highest BCUT2D eigenvalue weighted by Crippen LogP contribution is 2.59. The van der Waals surface area contributed by atoms with Gasteiger partial charge in [-0.3, -0.25) is 0 Å². The Morgan fingerprint density at radius 3 is 2.75 bits per heavy atom. The highest BCUT2D eigenvalue weighted by Gasteiger charge is 2.50. The molecule has 0 unspecified atom stereocenters. The number of aliphatic hydroxyl groups is 3. The summed E-state index contributed by atoms with van der Waals surface area (Å²) in [5.74, 6) is 3.06. The molecule has 0 saturated heterocycles. The molecule has 0 aromatic heterocycles. The first-order chi connectivity index (χ1) is 17.0. The van der Waals surface area contributed by atoms with Crippen molar-refractivity contribution >= 4 is 11.8 Å². The maximum Gasteiger partial charge on any atom is 0.0840 e. The molecule has 4 rings (SSSR count). The van der Waals surface area contributed by atoms with Crippen molar-refractivity contribution in [2.75, 3.05) is 12.4 Å². The molecule has 0 radical (unpaired) electrons. The zero-order chi connectivity index (χ0) is 26.1. The van der Waals surface area contributed by atoms with Crippen molar-refractivity contribution < 1.29 is 15.3 Å². The largest absolute Gasteiger partial charge is 0.396 e. The van der Waals surface area contributed by atoms with Crippen LogP contribution >= 0.6 is 11.8 Å². The van der Waals surface area contributed by atoms with Crippen molar-refractivity contribution in [3.05, 3.63) is 65.3 Å². The quantitative estimate of drug-likeness (QED) is 0.345. The van der Waals surface area contributed by atoms with E-state index in [2.05, 4.69) is 50.8 Å². The second-order valence-electron chi connectivity index (χ2n) is 12.4. The normalized spacial score (nSPS) is 34.2. The molecule has 1 aromatic carbocycles. The van der Waals surface area contributed by atoms with Gasteiger partial charge in [-0.25, -0.2) is 0 Å². The number of benzene rings is 1. The van der Waals surface area contributed by atoms with E-state index in [4.69, 9.17) is 0 Å². The Hall–Kier alpha value is -1.33. The average Bonchev–Trinajstić information content (AvgIpc) is 3.20. The summed E-state index contributed by atoms with van der Waals surface area (Å²) in [6.07, 6.45) is 11.7. The van der Waals surface area contributed by atoms with Crippen molar-refractivity contribution in [3.8, 4) is 0 Å². The lowest BCUT2D eigenvalue weighted by Gasteiger charge is -2.44. The van der Waals surface area contributed by atoms with E-state index in [0.29, 0.717) is 36.0 Å². The van der Waals surface area contributed by atoms with Crippen LogP contribution in [0.25, 0.3) is 0 Å². The molecule has 3 fully saturated rings. The predicted octanol–water partition coefficient (Wildman–Crippen LogP) is 7.03. The highest BCUT2D eigenvalue weighted by molar-refractivity contribution is 7.99. The Morgan fingerprint density at radius 2 is 2.03 bits per heavy atom. The number of thioether (sulfide) groups is 1. The number of allylic oxidation sites excluding steroid dienone is 3. The van der Waals surface area contributed by atoms with E-state index in [-0.39, 0.29) is 18.6 Å². The summed E-state index contributed by atoms with van der Waals surface area (Å²) in [5.41, 5.74) is 4.19.